The summed E-state index contributed by atoms with van der Waals surface area (Å²) in [6.07, 6.45) is 4.90. The lowest BCUT2D eigenvalue weighted by Gasteiger charge is -2.01. The van der Waals surface area contributed by atoms with Crippen LogP contribution in [0.5, 0.6) is 0 Å². The second-order valence-corrected chi connectivity index (χ2v) is 3.57. The van der Waals surface area contributed by atoms with Gasteiger partial charge in [-0.1, -0.05) is 30.3 Å². The monoisotopic (exact) mass is 240 g/mol. The van der Waals surface area contributed by atoms with Crippen molar-refractivity contribution in [2.75, 3.05) is 0 Å². The number of benzene rings is 1. The van der Waals surface area contributed by atoms with E-state index in [2.05, 4.69) is 22.5 Å². The van der Waals surface area contributed by atoms with E-state index in [1.165, 1.54) is 5.56 Å². The highest BCUT2D eigenvalue weighted by molar-refractivity contribution is 5.61. The summed E-state index contributed by atoms with van der Waals surface area (Å²) in [6.45, 7) is 0.314. The molecule has 18 heavy (non-hydrogen) atoms. The first kappa shape index (κ1) is 11.9. The molecule has 5 heteroatoms. The number of hydrogen-bond acceptors (Lipinski definition) is 2. The smallest absolute Gasteiger partial charge is 0.290 e. The average Bonchev–Trinajstić information content (AvgIpc) is 2.45. The Morgan fingerprint density at radius 2 is 1.72 bits per heavy atom. The molecule has 5 nitrogen and oxygen atoms in total. The zero-order chi connectivity index (χ0) is 12.6. The molecule has 1 heterocycles. The summed E-state index contributed by atoms with van der Waals surface area (Å²) in [5, 5.41) is 5.73. The Hall–Kier alpha value is -2.56. The third-order valence-electron chi connectivity index (χ3n) is 2.40. The maximum Gasteiger partial charge on any atom is 0.290 e. The number of hydrogen-bond donors (Lipinski definition) is 0. The van der Waals surface area contributed by atoms with E-state index in [-0.39, 0.29) is 0 Å². The second kappa shape index (κ2) is 6.24. The predicted molar refractivity (Wildman–Crippen MR) is 67.4 cm³/mol. The fourth-order valence-corrected chi connectivity index (χ4v) is 1.54. The molecule has 0 aliphatic rings. The molecule has 0 aliphatic carbocycles. The lowest BCUT2D eigenvalue weighted by molar-refractivity contribution is -0.726. The molecule has 0 saturated carbocycles. The molecule has 1 aromatic heterocycles. The van der Waals surface area contributed by atoms with E-state index in [0.29, 0.717) is 6.73 Å². The Morgan fingerprint density at radius 1 is 1.06 bits per heavy atom. The van der Waals surface area contributed by atoms with E-state index in [1.54, 1.807) is 0 Å². The van der Waals surface area contributed by atoms with Gasteiger partial charge in [0.05, 0.1) is 6.40 Å². The van der Waals surface area contributed by atoms with Gasteiger partial charge < -0.3 is 15.4 Å². The van der Waals surface area contributed by atoms with E-state index in [4.69, 9.17) is 10.3 Å². The van der Waals surface area contributed by atoms with Crippen LogP contribution in [0, 0.1) is 0 Å². The average molecular weight is 240 g/mol. The second-order valence-electron chi connectivity index (χ2n) is 3.57. The molecule has 90 valence electrons. The van der Waals surface area contributed by atoms with E-state index >= 15 is 0 Å². The highest BCUT2D eigenvalue weighted by Crippen LogP contribution is 2.16. The molecule has 0 spiro atoms. The largest absolute Gasteiger partial charge is 0.446 e. The van der Waals surface area contributed by atoms with Gasteiger partial charge in [0.1, 0.15) is 0 Å². The van der Waals surface area contributed by atoms with Gasteiger partial charge >= 0.3 is 0 Å². The first-order valence-electron chi connectivity index (χ1n) is 5.42. The van der Waals surface area contributed by atoms with Crippen LogP contribution in [-0.4, -0.2) is 6.40 Å². The zero-order valence-corrected chi connectivity index (χ0v) is 9.68. The van der Waals surface area contributed by atoms with Gasteiger partial charge in [-0.25, -0.2) is 0 Å². The Labute approximate surface area is 105 Å². The topological polar surface area (TPSA) is 60.1 Å². The molecular formula is C13H12N4O. The number of rotatable bonds is 5. The van der Waals surface area contributed by atoms with Crippen molar-refractivity contribution >= 4 is 6.40 Å². The summed E-state index contributed by atoms with van der Waals surface area (Å²) in [4.78, 5) is 0. The Kier molecular flexibility index (Phi) is 4.13. The molecule has 0 radical (unpaired) electrons. The van der Waals surface area contributed by atoms with Crippen molar-refractivity contribution in [3.63, 3.8) is 0 Å². The quantitative estimate of drug-likeness (QED) is 0.260. The number of nitrogens with zero attached hydrogens (tertiary/aromatic N) is 4. The van der Waals surface area contributed by atoms with Crippen LogP contribution in [0.15, 0.2) is 65.2 Å². The van der Waals surface area contributed by atoms with Crippen LogP contribution >= 0.6 is 0 Å². The Bertz CT molecular complexity index is 522. The first-order chi connectivity index (χ1) is 8.90. The summed E-state index contributed by atoms with van der Waals surface area (Å²) >= 11 is 0. The number of pyridine rings is 1. The number of ether oxygens (including phenoxy) is 1. The molecule has 0 N–H and O–H groups in total. The summed E-state index contributed by atoms with van der Waals surface area (Å²) in [6, 6.07) is 14.1. The van der Waals surface area contributed by atoms with Crippen LogP contribution in [0.1, 0.15) is 0 Å². The van der Waals surface area contributed by atoms with E-state index in [9.17, 15) is 0 Å². The van der Waals surface area contributed by atoms with E-state index in [0.717, 1.165) is 12.0 Å². The normalized spacial score (nSPS) is 10.4. The molecular weight excluding hydrogens is 228 g/mol. The fourth-order valence-electron chi connectivity index (χ4n) is 1.54. The highest BCUT2D eigenvalue weighted by Gasteiger charge is 2.01. The minimum atomic E-state index is 0.314. The zero-order valence-electron chi connectivity index (χ0n) is 9.68. The highest BCUT2D eigenvalue weighted by atomic mass is 16.5. The third kappa shape index (κ3) is 3.21. The van der Waals surface area contributed by atoms with Gasteiger partial charge in [-0.15, -0.1) is 0 Å². The molecule has 0 saturated heterocycles. The van der Waals surface area contributed by atoms with Crippen molar-refractivity contribution in [2.45, 2.75) is 6.73 Å². The van der Waals surface area contributed by atoms with Crippen LogP contribution in [0.3, 0.4) is 0 Å². The van der Waals surface area contributed by atoms with Gasteiger partial charge in [0.2, 0.25) is 0 Å². The van der Waals surface area contributed by atoms with Gasteiger partial charge in [-0.2, -0.15) is 4.57 Å². The lowest BCUT2D eigenvalue weighted by Crippen LogP contribution is -2.33. The van der Waals surface area contributed by atoms with Gasteiger partial charge in [-0.05, 0) is 11.1 Å². The maximum atomic E-state index is 8.07. The van der Waals surface area contributed by atoms with Crippen LogP contribution in [0.25, 0.3) is 16.7 Å². The van der Waals surface area contributed by atoms with Crippen molar-refractivity contribution in [3.8, 4) is 11.1 Å². The minimum absolute atomic E-state index is 0.314. The molecule has 0 fully saturated rings. The summed E-state index contributed by atoms with van der Waals surface area (Å²) in [7, 11) is 0. The minimum Gasteiger partial charge on any atom is -0.446 e. The molecule has 0 bridgehead atoms. The van der Waals surface area contributed by atoms with Crippen molar-refractivity contribution in [1.29, 1.82) is 0 Å². The van der Waals surface area contributed by atoms with Gasteiger partial charge in [-0.3, -0.25) is 5.22 Å². The molecule has 2 aromatic rings. The third-order valence-corrected chi connectivity index (χ3v) is 2.40. The van der Waals surface area contributed by atoms with Crippen molar-refractivity contribution < 1.29 is 9.30 Å². The number of aromatic nitrogens is 1. The van der Waals surface area contributed by atoms with E-state index < -0.39 is 0 Å². The molecule has 2 rings (SSSR count). The van der Waals surface area contributed by atoms with E-state index in [1.807, 2.05) is 47.3 Å². The van der Waals surface area contributed by atoms with Crippen LogP contribution in [0.4, 0.5) is 0 Å². The van der Waals surface area contributed by atoms with Crippen LogP contribution < -0.4 is 4.57 Å². The summed E-state index contributed by atoms with van der Waals surface area (Å²) < 4.78 is 6.87. The maximum absolute atomic E-state index is 8.07. The first-order valence-corrected chi connectivity index (χ1v) is 5.42. The van der Waals surface area contributed by atoms with Crippen molar-refractivity contribution in [3.05, 3.63) is 60.4 Å². The molecule has 1 aromatic carbocycles. The Morgan fingerprint density at radius 3 is 2.39 bits per heavy atom. The van der Waals surface area contributed by atoms with Gasteiger partial charge in [0, 0.05) is 12.1 Å². The predicted octanol–water partition coefficient (Wildman–Crippen LogP) is 2.58. The summed E-state index contributed by atoms with van der Waals surface area (Å²) in [5.41, 5.74) is 10.4. The van der Waals surface area contributed by atoms with Crippen LogP contribution in [0.2, 0.25) is 0 Å². The molecule has 0 atom stereocenters. The van der Waals surface area contributed by atoms with Gasteiger partial charge in [0.15, 0.2) is 12.4 Å². The fraction of sp³-hybridized carbons (Fsp3) is 0.0769. The molecule has 0 unspecified atom stereocenters. The standard InChI is InChI=1S/C13H12N4O/c14-16-15-10-18-11-17-8-6-13(7-9-17)12-4-2-1-3-5-12/h1-10H,11H2/b15-10+. The summed E-state index contributed by atoms with van der Waals surface area (Å²) in [5.74, 6) is 0. The lowest BCUT2D eigenvalue weighted by atomic mass is 10.1. The Balaban J connectivity index is 2.02. The van der Waals surface area contributed by atoms with Crippen LogP contribution in [-0.2, 0) is 11.5 Å². The van der Waals surface area contributed by atoms with Crippen molar-refractivity contribution in [1.82, 2.24) is 0 Å². The molecule has 0 aliphatic heterocycles. The molecule has 0 amide bonds. The van der Waals surface area contributed by atoms with Crippen molar-refractivity contribution in [2.24, 2.45) is 10.3 Å². The van der Waals surface area contributed by atoms with Gasteiger partial charge in [0.25, 0.3) is 6.73 Å². The SMILES string of the molecule is [N-]=N/N=C/OC[n+]1ccc(-c2ccccc2)cc1.